The van der Waals surface area contributed by atoms with Crippen LogP contribution in [0.1, 0.15) is 23.6 Å². The first-order valence-electron chi connectivity index (χ1n) is 10.9. The van der Waals surface area contributed by atoms with Gasteiger partial charge < -0.3 is 18.9 Å². The highest BCUT2D eigenvalue weighted by Crippen LogP contribution is 2.29. The van der Waals surface area contributed by atoms with Crippen LogP contribution < -0.4 is 0 Å². The Labute approximate surface area is 184 Å². The highest BCUT2D eigenvalue weighted by molar-refractivity contribution is 5.15. The van der Waals surface area contributed by atoms with Crippen molar-refractivity contribution in [2.45, 2.75) is 51.2 Å². The average Bonchev–Trinajstić information content (AvgIpc) is 3.12. The van der Waals surface area contributed by atoms with E-state index in [9.17, 15) is 0 Å². The van der Waals surface area contributed by atoms with Gasteiger partial charge in [-0.3, -0.25) is 0 Å². The lowest BCUT2D eigenvalue weighted by Gasteiger charge is -2.24. The van der Waals surface area contributed by atoms with Crippen molar-refractivity contribution in [1.82, 2.24) is 0 Å². The van der Waals surface area contributed by atoms with Crippen molar-refractivity contribution in [1.29, 1.82) is 0 Å². The van der Waals surface area contributed by atoms with Crippen LogP contribution in [-0.4, -0.2) is 31.0 Å². The molecule has 3 aromatic rings. The highest BCUT2D eigenvalue weighted by atomic mass is 16.6. The van der Waals surface area contributed by atoms with Gasteiger partial charge in [-0.25, -0.2) is 0 Å². The summed E-state index contributed by atoms with van der Waals surface area (Å²) in [5, 5.41) is 0. The van der Waals surface area contributed by atoms with Crippen LogP contribution in [0.5, 0.6) is 0 Å². The van der Waals surface area contributed by atoms with Crippen molar-refractivity contribution in [3.63, 3.8) is 0 Å². The Morgan fingerprint density at radius 3 is 1.58 bits per heavy atom. The molecule has 0 saturated carbocycles. The molecule has 4 heteroatoms. The molecule has 1 aliphatic heterocycles. The van der Waals surface area contributed by atoms with Gasteiger partial charge in [0.15, 0.2) is 0 Å². The standard InChI is InChI=1S/C27H30O4/c1-21-26(29-18-23-13-7-3-8-14-23)27(30-19-24-15-9-4-10-16-24)25(31-21)20-28-17-22-11-5-2-6-12-22/h2-16,21,25-27H,17-20H2,1H3. The monoisotopic (exact) mass is 418 g/mol. The Kier molecular flexibility index (Phi) is 7.86. The average molecular weight is 419 g/mol. The maximum Gasteiger partial charge on any atom is 0.115 e. The van der Waals surface area contributed by atoms with Crippen LogP contribution in [0.3, 0.4) is 0 Å². The fourth-order valence-electron chi connectivity index (χ4n) is 3.88. The van der Waals surface area contributed by atoms with E-state index in [0.29, 0.717) is 26.4 Å². The predicted molar refractivity (Wildman–Crippen MR) is 120 cm³/mol. The molecule has 31 heavy (non-hydrogen) atoms. The molecule has 0 amide bonds. The lowest BCUT2D eigenvalue weighted by atomic mass is 10.1. The molecular formula is C27H30O4. The molecule has 1 saturated heterocycles. The van der Waals surface area contributed by atoms with E-state index in [-0.39, 0.29) is 24.4 Å². The van der Waals surface area contributed by atoms with Crippen LogP contribution in [-0.2, 0) is 38.8 Å². The first kappa shape index (κ1) is 21.7. The molecule has 4 nitrogen and oxygen atoms in total. The highest BCUT2D eigenvalue weighted by Gasteiger charge is 2.44. The molecule has 0 N–H and O–H groups in total. The van der Waals surface area contributed by atoms with Crippen LogP contribution in [0, 0.1) is 0 Å². The van der Waals surface area contributed by atoms with Gasteiger partial charge in [0, 0.05) is 0 Å². The van der Waals surface area contributed by atoms with Crippen LogP contribution in [0.4, 0.5) is 0 Å². The molecule has 162 valence electrons. The lowest BCUT2D eigenvalue weighted by molar-refractivity contribution is -0.0897. The number of benzene rings is 3. The van der Waals surface area contributed by atoms with Crippen molar-refractivity contribution >= 4 is 0 Å². The van der Waals surface area contributed by atoms with E-state index in [1.807, 2.05) is 61.5 Å². The topological polar surface area (TPSA) is 36.9 Å². The first-order valence-corrected chi connectivity index (χ1v) is 10.9. The Bertz CT molecular complexity index is 885. The summed E-state index contributed by atoms with van der Waals surface area (Å²) in [4.78, 5) is 0. The zero-order valence-corrected chi connectivity index (χ0v) is 17.9. The molecule has 0 bridgehead atoms. The Balaban J connectivity index is 1.39. The third kappa shape index (κ3) is 6.25. The van der Waals surface area contributed by atoms with Crippen LogP contribution in [0.15, 0.2) is 91.0 Å². The minimum Gasteiger partial charge on any atom is -0.374 e. The first-order chi connectivity index (χ1) is 15.3. The van der Waals surface area contributed by atoms with Crippen LogP contribution in [0.2, 0.25) is 0 Å². The summed E-state index contributed by atoms with van der Waals surface area (Å²) in [6.45, 7) is 4.11. The van der Waals surface area contributed by atoms with E-state index in [1.165, 1.54) is 0 Å². The second-order valence-electron chi connectivity index (χ2n) is 7.90. The minimum atomic E-state index is -0.199. The molecule has 1 aliphatic rings. The maximum absolute atomic E-state index is 6.35. The van der Waals surface area contributed by atoms with E-state index in [4.69, 9.17) is 18.9 Å². The van der Waals surface area contributed by atoms with Crippen molar-refractivity contribution in [3.05, 3.63) is 108 Å². The second-order valence-corrected chi connectivity index (χ2v) is 7.90. The smallest absolute Gasteiger partial charge is 0.115 e. The third-order valence-electron chi connectivity index (χ3n) is 5.51. The zero-order chi connectivity index (χ0) is 21.3. The van der Waals surface area contributed by atoms with E-state index < -0.39 is 0 Å². The lowest BCUT2D eigenvalue weighted by Crippen LogP contribution is -2.38. The van der Waals surface area contributed by atoms with Gasteiger partial charge in [-0.05, 0) is 23.6 Å². The molecule has 0 spiro atoms. The summed E-state index contributed by atoms with van der Waals surface area (Å²) in [5.41, 5.74) is 3.42. The van der Waals surface area contributed by atoms with Gasteiger partial charge in [-0.15, -0.1) is 0 Å². The molecular weight excluding hydrogens is 388 g/mol. The normalized spacial score (nSPS) is 23.1. The summed E-state index contributed by atoms with van der Waals surface area (Å²) >= 11 is 0. The molecule has 1 fully saturated rings. The van der Waals surface area contributed by atoms with Crippen LogP contribution in [0.25, 0.3) is 0 Å². The summed E-state index contributed by atoms with van der Waals surface area (Å²) < 4.78 is 24.8. The van der Waals surface area contributed by atoms with Gasteiger partial charge in [-0.1, -0.05) is 91.0 Å². The molecule has 1 heterocycles. The molecule has 4 rings (SSSR count). The molecule has 4 unspecified atom stereocenters. The predicted octanol–water partition coefficient (Wildman–Crippen LogP) is 5.16. The fourth-order valence-corrected chi connectivity index (χ4v) is 3.88. The third-order valence-corrected chi connectivity index (χ3v) is 5.51. The Morgan fingerprint density at radius 2 is 1.06 bits per heavy atom. The van der Waals surface area contributed by atoms with E-state index in [2.05, 4.69) is 36.4 Å². The van der Waals surface area contributed by atoms with Gasteiger partial charge in [0.25, 0.3) is 0 Å². The summed E-state index contributed by atoms with van der Waals surface area (Å²) in [6, 6.07) is 30.6. The molecule has 0 radical (unpaired) electrons. The van der Waals surface area contributed by atoms with Gasteiger partial charge >= 0.3 is 0 Å². The number of hydrogen-bond donors (Lipinski definition) is 0. The molecule has 3 aromatic carbocycles. The van der Waals surface area contributed by atoms with E-state index in [0.717, 1.165) is 16.7 Å². The number of hydrogen-bond acceptors (Lipinski definition) is 4. The largest absolute Gasteiger partial charge is 0.374 e. The quantitative estimate of drug-likeness (QED) is 0.456. The van der Waals surface area contributed by atoms with Crippen molar-refractivity contribution in [3.8, 4) is 0 Å². The van der Waals surface area contributed by atoms with E-state index in [1.54, 1.807) is 0 Å². The molecule has 0 aromatic heterocycles. The minimum absolute atomic E-state index is 0.0742. The molecule has 4 atom stereocenters. The fraction of sp³-hybridized carbons (Fsp3) is 0.333. The molecule has 0 aliphatic carbocycles. The van der Waals surface area contributed by atoms with Crippen molar-refractivity contribution in [2.75, 3.05) is 6.61 Å². The Hall–Kier alpha value is -2.50. The summed E-state index contributed by atoms with van der Waals surface area (Å²) in [5.74, 6) is 0. The van der Waals surface area contributed by atoms with Gasteiger partial charge in [0.2, 0.25) is 0 Å². The SMILES string of the molecule is CC1OC(COCc2ccccc2)C(OCc2ccccc2)C1OCc1ccccc1. The number of rotatable bonds is 10. The number of ether oxygens (including phenoxy) is 4. The summed E-state index contributed by atoms with van der Waals surface area (Å²) in [7, 11) is 0. The van der Waals surface area contributed by atoms with Crippen LogP contribution >= 0.6 is 0 Å². The van der Waals surface area contributed by atoms with Gasteiger partial charge in [0.05, 0.1) is 32.5 Å². The van der Waals surface area contributed by atoms with E-state index >= 15 is 0 Å². The van der Waals surface area contributed by atoms with Gasteiger partial charge in [-0.2, -0.15) is 0 Å². The second kappa shape index (κ2) is 11.2. The van der Waals surface area contributed by atoms with Crippen molar-refractivity contribution < 1.29 is 18.9 Å². The zero-order valence-electron chi connectivity index (χ0n) is 17.9. The van der Waals surface area contributed by atoms with Crippen molar-refractivity contribution in [2.24, 2.45) is 0 Å². The summed E-state index contributed by atoms with van der Waals surface area (Å²) in [6.07, 6.45) is -0.609. The Morgan fingerprint density at radius 1 is 0.613 bits per heavy atom. The maximum atomic E-state index is 6.35. The van der Waals surface area contributed by atoms with Gasteiger partial charge in [0.1, 0.15) is 18.3 Å².